The Hall–Kier alpha value is -0.940. The molecule has 0 aliphatic rings. The smallest absolute Gasteiger partial charge is 0.270 e. The summed E-state index contributed by atoms with van der Waals surface area (Å²) in [6.45, 7) is 4.72. The van der Waals surface area contributed by atoms with Crippen LogP contribution in [0.2, 0.25) is 0 Å². The zero-order valence-corrected chi connectivity index (χ0v) is 10.5. The molecule has 4 nitrogen and oxygen atoms in total. The van der Waals surface area contributed by atoms with E-state index in [4.69, 9.17) is 5.11 Å². The number of carbonyl (C=O) groups excluding carboxylic acids is 1. The Bertz CT molecular complexity index is 338. The highest BCUT2D eigenvalue weighted by molar-refractivity contribution is 7.09. The number of aryl methyl sites for hydroxylation is 1. The molecule has 0 saturated heterocycles. The molecule has 90 valence electrons. The van der Waals surface area contributed by atoms with Crippen LogP contribution >= 0.6 is 11.3 Å². The highest BCUT2D eigenvalue weighted by atomic mass is 32.1. The Morgan fingerprint density at radius 1 is 1.69 bits per heavy atom. The molecule has 0 fully saturated rings. The fourth-order valence-corrected chi connectivity index (χ4v) is 1.89. The predicted octanol–water partition coefficient (Wildman–Crippen LogP) is 1.59. The van der Waals surface area contributed by atoms with E-state index in [1.165, 1.54) is 11.3 Å². The maximum Gasteiger partial charge on any atom is 0.270 e. The van der Waals surface area contributed by atoms with Gasteiger partial charge in [0, 0.05) is 18.5 Å². The molecule has 1 amide bonds. The first kappa shape index (κ1) is 13.1. The van der Waals surface area contributed by atoms with Crippen molar-refractivity contribution in [3.8, 4) is 0 Å². The van der Waals surface area contributed by atoms with E-state index in [1.807, 2.05) is 13.8 Å². The van der Waals surface area contributed by atoms with Crippen molar-refractivity contribution in [3.05, 3.63) is 16.1 Å². The van der Waals surface area contributed by atoms with Gasteiger partial charge >= 0.3 is 0 Å². The lowest BCUT2D eigenvalue weighted by atomic mass is 10.1. The van der Waals surface area contributed by atoms with Gasteiger partial charge in [-0.05, 0) is 25.7 Å². The Labute approximate surface area is 99.7 Å². The molecule has 0 spiro atoms. The van der Waals surface area contributed by atoms with Crippen LogP contribution in [0.1, 0.15) is 35.3 Å². The van der Waals surface area contributed by atoms with Crippen LogP contribution in [0.5, 0.6) is 0 Å². The Morgan fingerprint density at radius 2 is 2.44 bits per heavy atom. The zero-order valence-electron chi connectivity index (χ0n) is 9.69. The van der Waals surface area contributed by atoms with E-state index in [1.54, 1.807) is 5.38 Å². The standard InChI is InChI=1S/C11H18N2O2S/c1-8(6-14)4-3-5-12-11(15)10-7-16-9(2)13-10/h7-8,14H,3-6H2,1-2H3,(H,12,15). The molecule has 1 heterocycles. The van der Waals surface area contributed by atoms with Crippen LogP contribution in [-0.4, -0.2) is 29.1 Å². The van der Waals surface area contributed by atoms with Crippen molar-refractivity contribution in [1.82, 2.24) is 10.3 Å². The normalized spacial score (nSPS) is 12.4. The van der Waals surface area contributed by atoms with Crippen LogP contribution in [0.3, 0.4) is 0 Å². The molecular formula is C11H18N2O2S. The Morgan fingerprint density at radius 3 is 3.00 bits per heavy atom. The van der Waals surface area contributed by atoms with Crippen LogP contribution in [0.25, 0.3) is 0 Å². The largest absolute Gasteiger partial charge is 0.396 e. The second-order valence-corrected chi connectivity index (χ2v) is 5.00. The van der Waals surface area contributed by atoms with Crippen molar-refractivity contribution < 1.29 is 9.90 Å². The molecule has 0 bridgehead atoms. The van der Waals surface area contributed by atoms with Crippen LogP contribution < -0.4 is 5.32 Å². The number of carbonyl (C=O) groups is 1. The maximum atomic E-state index is 11.6. The molecule has 5 heteroatoms. The summed E-state index contributed by atoms with van der Waals surface area (Å²) in [6, 6.07) is 0. The van der Waals surface area contributed by atoms with E-state index in [2.05, 4.69) is 10.3 Å². The van der Waals surface area contributed by atoms with Crippen molar-refractivity contribution in [3.63, 3.8) is 0 Å². The summed E-state index contributed by atoms with van der Waals surface area (Å²) in [4.78, 5) is 15.7. The third-order valence-electron chi connectivity index (χ3n) is 2.32. The van der Waals surface area contributed by atoms with E-state index in [0.29, 0.717) is 18.2 Å². The zero-order chi connectivity index (χ0) is 12.0. The topological polar surface area (TPSA) is 62.2 Å². The first-order valence-electron chi connectivity index (χ1n) is 5.44. The molecule has 1 atom stereocenters. The van der Waals surface area contributed by atoms with Crippen LogP contribution in [0.4, 0.5) is 0 Å². The van der Waals surface area contributed by atoms with Gasteiger partial charge in [0.25, 0.3) is 5.91 Å². The number of thiazole rings is 1. The van der Waals surface area contributed by atoms with Gasteiger partial charge in [-0.2, -0.15) is 0 Å². The SMILES string of the molecule is Cc1nc(C(=O)NCCCC(C)CO)cs1. The summed E-state index contributed by atoms with van der Waals surface area (Å²) >= 11 is 1.48. The number of rotatable bonds is 6. The number of nitrogens with zero attached hydrogens (tertiary/aromatic N) is 1. The number of aliphatic hydroxyl groups is 1. The average Bonchev–Trinajstić information content (AvgIpc) is 2.70. The molecule has 0 saturated carbocycles. The quantitative estimate of drug-likeness (QED) is 0.745. The molecule has 0 aliphatic heterocycles. The lowest BCUT2D eigenvalue weighted by Gasteiger charge is -2.07. The fourth-order valence-electron chi connectivity index (χ4n) is 1.30. The van der Waals surface area contributed by atoms with Gasteiger partial charge in [-0.3, -0.25) is 4.79 Å². The van der Waals surface area contributed by atoms with Crippen molar-refractivity contribution in [1.29, 1.82) is 0 Å². The molecule has 0 aliphatic carbocycles. The highest BCUT2D eigenvalue weighted by Crippen LogP contribution is 2.08. The summed E-state index contributed by atoms with van der Waals surface area (Å²) < 4.78 is 0. The van der Waals surface area contributed by atoms with Gasteiger partial charge in [-0.15, -0.1) is 11.3 Å². The van der Waals surface area contributed by atoms with Crippen molar-refractivity contribution >= 4 is 17.2 Å². The van der Waals surface area contributed by atoms with Crippen LogP contribution in [0, 0.1) is 12.8 Å². The van der Waals surface area contributed by atoms with Gasteiger partial charge in [0.1, 0.15) is 5.69 Å². The van der Waals surface area contributed by atoms with E-state index >= 15 is 0 Å². The third-order valence-corrected chi connectivity index (χ3v) is 3.10. The first-order valence-corrected chi connectivity index (χ1v) is 6.32. The Kier molecular flexibility index (Phi) is 5.42. The lowest BCUT2D eigenvalue weighted by molar-refractivity contribution is 0.0947. The summed E-state index contributed by atoms with van der Waals surface area (Å²) in [5.41, 5.74) is 0.498. The molecule has 1 rings (SSSR count). The van der Waals surface area contributed by atoms with E-state index < -0.39 is 0 Å². The molecule has 1 unspecified atom stereocenters. The monoisotopic (exact) mass is 242 g/mol. The van der Waals surface area contributed by atoms with Crippen LogP contribution in [0.15, 0.2) is 5.38 Å². The number of hydrogen-bond donors (Lipinski definition) is 2. The first-order chi connectivity index (χ1) is 7.63. The third kappa shape index (κ3) is 4.28. The molecule has 16 heavy (non-hydrogen) atoms. The summed E-state index contributed by atoms with van der Waals surface area (Å²) in [5, 5.41) is 14.3. The van der Waals surface area contributed by atoms with Gasteiger partial charge in [0.05, 0.1) is 5.01 Å². The minimum Gasteiger partial charge on any atom is -0.396 e. The van der Waals surface area contributed by atoms with Gasteiger partial charge in [-0.25, -0.2) is 4.98 Å². The van der Waals surface area contributed by atoms with E-state index in [9.17, 15) is 4.79 Å². The number of aliphatic hydroxyl groups excluding tert-OH is 1. The second kappa shape index (κ2) is 6.60. The van der Waals surface area contributed by atoms with E-state index in [0.717, 1.165) is 17.8 Å². The van der Waals surface area contributed by atoms with Gasteiger partial charge in [-0.1, -0.05) is 6.92 Å². The molecule has 1 aromatic rings. The van der Waals surface area contributed by atoms with Crippen molar-refractivity contribution in [2.45, 2.75) is 26.7 Å². The summed E-state index contributed by atoms with van der Waals surface area (Å²) in [7, 11) is 0. The van der Waals surface area contributed by atoms with Crippen molar-refractivity contribution in [2.24, 2.45) is 5.92 Å². The van der Waals surface area contributed by atoms with E-state index in [-0.39, 0.29) is 12.5 Å². The average molecular weight is 242 g/mol. The number of hydrogen-bond acceptors (Lipinski definition) is 4. The maximum absolute atomic E-state index is 11.6. The predicted molar refractivity (Wildman–Crippen MR) is 64.7 cm³/mol. The molecule has 0 radical (unpaired) electrons. The van der Waals surface area contributed by atoms with Gasteiger partial charge in [0.15, 0.2) is 0 Å². The second-order valence-electron chi connectivity index (χ2n) is 3.94. The lowest BCUT2D eigenvalue weighted by Crippen LogP contribution is -2.25. The summed E-state index contributed by atoms with van der Waals surface area (Å²) in [6.07, 6.45) is 1.81. The Balaban J connectivity index is 2.21. The summed E-state index contributed by atoms with van der Waals surface area (Å²) in [5.74, 6) is 0.194. The fraction of sp³-hybridized carbons (Fsp3) is 0.636. The molecule has 2 N–H and O–H groups in total. The van der Waals surface area contributed by atoms with Gasteiger partial charge in [0.2, 0.25) is 0 Å². The molecule has 0 aromatic carbocycles. The van der Waals surface area contributed by atoms with Crippen molar-refractivity contribution in [2.75, 3.05) is 13.2 Å². The van der Waals surface area contributed by atoms with Crippen LogP contribution in [-0.2, 0) is 0 Å². The number of aromatic nitrogens is 1. The molecular weight excluding hydrogens is 224 g/mol. The highest BCUT2D eigenvalue weighted by Gasteiger charge is 2.08. The van der Waals surface area contributed by atoms with Gasteiger partial charge < -0.3 is 10.4 Å². The molecule has 1 aromatic heterocycles. The minimum atomic E-state index is -0.110. The number of amides is 1. The minimum absolute atomic E-state index is 0.110. The number of nitrogens with one attached hydrogen (secondary N) is 1.